The van der Waals surface area contributed by atoms with Crippen LogP contribution in [0.15, 0.2) is 23.8 Å². The SMILES string of the molecule is Cc1cnn(CCN[C@@H](C)C(=O)N2CCc3sccc3C2)c1. The van der Waals surface area contributed by atoms with Crippen LogP contribution in [0.1, 0.15) is 22.9 Å². The van der Waals surface area contributed by atoms with Crippen LogP contribution in [0.25, 0.3) is 0 Å². The number of nitrogens with one attached hydrogen (secondary N) is 1. The lowest BCUT2D eigenvalue weighted by molar-refractivity contribution is -0.133. The van der Waals surface area contributed by atoms with Gasteiger partial charge < -0.3 is 10.2 Å². The molecular formula is C16H22N4OS. The highest BCUT2D eigenvalue weighted by molar-refractivity contribution is 7.10. The largest absolute Gasteiger partial charge is 0.337 e. The van der Waals surface area contributed by atoms with Crippen LogP contribution < -0.4 is 5.32 Å². The van der Waals surface area contributed by atoms with Gasteiger partial charge in [0.05, 0.1) is 18.8 Å². The number of aryl methyl sites for hydroxylation is 1. The van der Waals surface area contributed by atoms with Crippen LogP contribution in [0.3, 0.4) is 0 Å². The number of amides is 1. The Morgan fingerprint density at radius 2 is 2.41 bits per heavy atom. The number of hydrogen-bond acceptors (Lipinski definition) is 4. The van der Waals surface area contributed by atoms with E-state index in [1.165, 1.54) is 10.4 Å². The predicted octanol–water partition coefficient (Wildman–Crippen LogP) is 1.82. The molecule has 1 atom stereocenters. The van der Waals surface area contributed by atoms with E-state index < -0.39 is 0 Å². The average Bonchev–Trinajstić information content (AvgIpc) is 3.14. The predicted molar refractivity (Wildman–Crippen MR) is 87.9 cm³/mol. The highest BCUT2D eigenvalue weighted by Gasteiger charge is 2.24. The molecule has 0 bridgehead atoms. The van der Waals surface area contributed by atoms with Crippen molar-refractivity contribution in [2.75, 3.05) is 13.1 Å². The van der Waals surface area contributed by atoms with E-state index in [1.54, 1.807) is 11.3 Å². The quantitative estimate of drug-likeness (QED) is 0.915. The molecule has 22 heavy (non-hydrogen) atoms. The number of aromatic nitrogens is 2. The van der Waals surface area contributed by atoms with Crippen LogP contribution in [0.2, 0.25) is 0 Å². The van der Waals surface area contributed by atoms with Crippen molar-refractivity contribution in [3.8, 4) is 0 Å². The number of thiophene rings is 1. The van der Waals surface area contributed by atoms with Crippen LogP contribution in [0.5, 0.6) is 0 Å². The standard InChI is InChI=1S/C16H22N4OS/c1-12-9-18-20(10-12)7-5-17-13(2)16(21)19-6-3-15-14(11-19)4-8-22-15/h4,8-10,13,17H,3,5-7,11H2,1-2H3/t13-/m0/s1. The summed E-state index contributed by atoms with van der Waals surface area (Å²) in [4.78, 5) is 15.9. The van der Waals surface area contributed by atoms with E-state index in [9.17, 15) is 4.79 Å². The third-order valence-corrected chi connectivity index (χ3v) is 5.07. The zero-order valence-electron chi connectivity index (χ0n) is 13.1. The summed E-state index contributed by atoms with van der Waals surface area (Å²) in [6, 6.07) is 1.98. The number of carbonyl (C=O) groups excluding carboxylic acids is 1. The maximum Gasteiger partial charge on any atom is 0.239 e. The van der Waals surface area contributed by atoms with Crippen molar-refractivity contribution in [1.82, 2.24) is 20.0 Å². The van der Waals surface area contributed by atoms with Crippen molar-refractivity contribution >= 4 is 17.2 Å². The van der Waals surface area contributed by atoms with Gasteiger partial charge in [-0.2, -0.15) is 5.10 Å². The zero-order chi connectivity index (χ0) is 15.5. The summed E-state index contributed by atoms with van der Waals surface area (Å²) < 4.78 is 1.90. The number of fused-ring (bicyclic) bond motifs is 1. The van der Waals surface area contributed by atoms with Gasteiger partial charge in [-0.3, -0.25) is 9.48 Å². The summed E-state index contributed by atoms with van der Waals surface area (Å²) in [5.74, 6) is 0.188. The summed E-state index contributed by atoms with van der Waals surface area (Å²) >= 11 is 1.80. The first-order chi connectivity index (χ1) is 10.6. The lowest BCUT2D eigenvalue weighted by Gasteiger charge is -2.29. The van der Waals surface area contributed by atoms with Crippen LogP contribution in [-0.4, -0.2) is 39.7 Å². The molecule has 0 aliphatic carbocycles. The van der Waals surface area contributed by atoms with E-state index in [2.05, 4.69) is 21.9 Å². The molecule has 1 N–H and O–H groups in total. The van der Waals surface area contributed by atoms with Crippen molar-refractivity contribution < 1.29 is 4.79 Å². The first kappa shape index (κ1) is 15.2. The molecule has 5 nitrogen and oxygen atoms in total. The van der Waals surface area contributed by atoms with Gasteiger partial charge in [-0.25, -0.2) is 0 Å². The van der Waals surface area contributed by atoms with E-state index >= 15 is 0 Å². The molecule has 0 unspecified atom stereocenters. The van der Waals surface area contributed by atoms with Crippen molar-refractivity contribution in [3.63, 3.8) is 0 Å². The van der Waals surface area contributed by atoms with E-state index in [1.807, 2.05) is 35.8 Å². The van der Waals surface area contributed by atoms with Crippen molar-refractivity contribution in [2.45, 2.75) is 39.4 Å². The summed E-state index contributed by atoms with van der Waals surface area (Å²) in [5.41, 5.74) is 2.47. The van der Waals surface area contributed by atoms with Gasteiger partial charge >= 0.3 is 0 Å². The molecule has 0 spiro atoms. The molecule has 2 aromatic rings. The Morgan fingerprint density at radius 1 is 1.55 bits per heavy atom. The van der Waals surface area contributed by atoms with Crippen LogP contribution in [0.4, 0.5) is 0 Å². The number of rotatable bonds is 5. The maximum atomic E-state index is 12.5. The molecule has 118 valence electrons. The van der Waals surface area contributed by atoms with Gasteiger partial charge in [0.25, 0.3) is 0 Å². The lowest BCUT2D eigenvalue weighted by atomic mass is 10.1. The van der Waals surface area contributed by atoms with Crippen molar-refractivity contribution in [1.29, 1.82) is 0 Å². The molecule has 1 aliphatic rings. The minimum Gasteiger partial charge on any atom is -0.337 e. The maximum absolute atomic E-state index is 12.5. The minimum atomic E-state index is -0.156. The summed E-state index contributed by atoms with van der Waals surface area (Å²) in [6.45, 7) is 7.07. The minimum absolute atomic E-state index is 0.156. The highest BCUT2D eigenvalue weighted by Crippen LogP contribution is 2.24. The second kappa shape index (κ2) is 6.62. The third kappa shape index (κ3) is 3.39. The van der Waals surface area contributed by atoms with Gasteiger partial charge in [0.2, 0.25) is 5.91 Å². The Balaban J connectivity index is 1.48. The van der Waals surface area contributed by atoms with Gasteiger partial charge in [0.15, 0.2) is 0 Å². The average molecular weight is 318 g/mol. The molecule has 6 heteroatoms. The van der Waals surface area contributed by atoms with Crippen LogP contribution in [-0.2, 0) is 24.3 Å². The summed E-state index contributed by atoms with van der Waals surface area (Å²) in [5, 5.41) is 9.67. The molecule has 1 aliphatic heterocycles. The van der Waals surface area contributed by atoms with Gasteiger partial charge in [-0.15, -0.1) is 11.3 Å². The zero-order valence-corrected chi connectivity index (χ0v) is 13.9. The lowest BCUT2D eigenvalue weighted by Crippen LogP contribution is -2.47. The number of carbonyl (C=O) groups is 1. The molecule has 1 amide bonds. The fourth-order valence-electron chi connectivity index (χ4n) is 2.78. The Kier molecular flexibility index (Phi) is 4.59. The second-order valence-corrected chi connectivity index (χ2v) is 6.84. The molecule has 2 aromatic heterocycles. The Labute approximate surface area is 134 Å². The van der Waals surface area contributed by atoms with Gasteiger partial charge in [0, 0.05) is 30.7 Å². The molecule has 0 fully saturated rings. The van der Waals surface area contributed by atoms with E-state index in [0.29, 0.717) is 0 Å². The van der Waals surface area contributed by atoms with Crippen LogP contribution >= 0.6 is 11.3 Å². The molecular weight excluding hydrogens is 296 g/mol. The molecule has 0 saturated heterocycles. The topological polar surface area (TPSA) is 50.2 Å². The van der Waals surface area contributed by atoms with Gasteiger partial charge in [0.1, 0.15) is 0 Å². The Bertz CT molecular complexity index is 648. The smallest absolute Gasteiger partial charge is 0.239 e. The highest BCUT2D eigenvalue weighted by atomic mass is 32.1. The van der Waals surface area contributed by atoms with E-state index in [-0.39, 0.29) is 11.9 Å². The summed E-state index contributed by atoms with van der Waals surface area (Å²) in [7, 11) is 0. The van der Waals surface area contributed by atoms with E-state index in [0.717, 1.165) is 38.2 Å². The fourth-order valence-corrected chi connectivity index (χ4v) is 3.67. The van der Waals surface area contributed by atoms with Gasteiger partial charge in [-0.1, -0.05) is 0 Å². The first-order valence-corrected chi connectivity index (χ1v) is 8.58. The third-order valence-electron chi connectivity index (χ3n) is 4.04. The van der Waals surface area contributed by atoms with Crippen molar-refractivity contribution in [2.24, 2.45) is 0 Å². The Hall–Kier alpha value is -1.66. The van der Waals surface area contributed by atoms with Gasteiger partial charge in [-0.05, 0) is 42.8 Å². The second-order valence-electron chi connectivity index (χ2n) is 5.84. The number of nitrogens with zero attached hydrogens (tertiary/aromatic N) is 3. The molecule has 0 aromatic carbocycles. The Morgan fingerprint density at radius 3 is 3.18 bits per heavy atom. The molecule has 0 saturated carbocycles. The van der Waals surface area contributed by atoms with Crippen LogP contribution in [0, 0.1) is 6.92 Å². The fraction of sp³-hybridized carbons (Fsp3) is 0.500. The number of hydrogen-bond donors (Lipinski definition) is 1. The van der Waals surface area contributed by atoms with Crippen molar-refractivity contribution in [3.05, 3.63) is 39.8 Å². The molecule has 3 heterocycles. The monoisotopic (exact) mass is 318 g/mol. The summed E-state index contributed by atoms with van der Waals surface area (Å²) in [6.07, 6.45) is 4.84. The van der Waals surface area contributed by atoms with E-state index in [4.69, 9.17) is 0 Å². The molecule has 3 rings (SSSR count). The normalized spacial score (nSPS) is 15.6. The molecule has 0 radical (unpaired) electrons. The first-order valence-electron chi connectivity index (χ1n) is 7.70.